The van der Waals surface area contributed by atoms with E-state index in [1.54, 1.807) is 0 Å². The Hall–Kier alpha value is -0.960. The minimum atomic E-state index is 0.460. The maximum Gasteiger partial charge on any atom is 0.129 e. The molecule has 1 unspecified atom stereocenters. The van der Waals surface area contributed by atoms with Gasteiger partial charge >= 0.3 is 0 Å². The van der Waals surface area contributed by atoms with Gasteiger partial charge in [0.1, 0.15) is 5.82 Å². The van der Waals surface area contributed by atoms with Gasteiger partial charge in [-0.1, -0.05) is 20.3 Å². The fraction of sp³-hybridized carbons (Fsp3) is 0.667. The van der Waals surface area contributed by atoms with Crippen molar-refractivity contribution in [1.29, 1.82) is 0 Å². The first kappa shape index (κ1) is 12.1. The van der Waals surface area contributed by atoms with Gasteiger partial charge in [-0.2, -0.15) is 0 Å². The molecule has 1 aromatic rings. The lowest BCUT2D eigenvalue weighted by atomic mass is 10.1. The molecular formula is C12H21N3. The maximum atomic E-state index is 5.60. The van der Waals surface area contributed by atoms with Gasteiger partial charge in [-0.3, -0.25) is 0 Å². The zero-order valence-electron chi connectivity index (χ0n) is 9.95. The molecule has 0 aliphatic carbocycles. The fourth-order valence-electron chi connectivity index (χ4n) is 1.57. The van der Waals surface area contributed by atoms with E-state index in [-0.39, 0.29) is 0 Å². The molecule has 1 rings (SSSR count). The van der Waals surface area contributed by atoms with Crippen molar-refractivity contribution in [3.05, 3.63) is 23.3 Å². The monoisotopic (exact) mass is 207 g/mol. The van der Waals surface area contributed by atoms with Crippen LogP contribution in [0.1, 0.15) is 37.5 Å². The molecule has 0 spiro atoms. The van der Waals surface area contributed by atoms with Crippen LogP contribution in [0.15, 0.2) is 6.07 Å². The normalized spacial score (nSPS) is 12.8. The van der Waals surface area contributed by atoms with E-state index in [2.05, 4.69) is 29.9 Å². The predicted octanol–water partition coefficient (Wildman–Crippen LogP) is 1.87. The summed E-state index contributed by atoms with van der Waals surface area (Å²) < 4.78 is 0. The molecule has 3 heteroatoms. The van der Waals surface area contributed by atoms with Crippen LogP contribution in [-0.4, -0.2) is 16.5 Å². The number of aromatic nitrogens is 2. The lowest BCUT2D eigenvalue weighted by Crippen LogP contribution is -2.15. The van der Waals surface area contributed by atoms with Gasteiger partial charge in [0.15, 0.2) is 0 Å². The number of nitrogens with two attached hydrogens (primary N) is 1. The maximum absolute atomic E-state index is 5.60. The van der Waals surface area contributed by atoms with Crippen LogP contribution in [0.3, 0.4) is 0 Å². The molecule has 0 aliphatic rings. The van der Waals surface area contributed by atoms with Gasteiger partial charge in [-0.05, 0) is 31.9 Å². The molecule has 84 valence electrons. The van der Waals surface area contributed by atoms with Crippen molar-refractivity contribution in [1.82, 2.24) is 9.97 Å². The molecule has 1 atom stereocenters. The molecule has 0 radical (unpaired) electrons. The fourth-order valence-corrected chi connectivity index (χ4v) is 1.57. The van der Waals surface area contributed by atoms with Crippen LogP contribution in [0.4, 0.5) is 0 Å². The SMILES string of the molecule is CCCc1cc(C)nc(CC(C)CN)n1. The average Bonchev–Trinajstić information content (AvgIpc) is 2.17. The predicted molar refractivity (Wildman–Crippen MR) is 62.7 cm³/mol. The lowest BCUT2D eigenvalue weighted by Gasteiger charge is -2.09. The summed E-state index contributed by atoms with van der Waals surface area (Å²) in [6, 6.07) is 2.07. The largest absolute Gasteiger partial charge is 0.330 e. The highest BCUT2D eigenvalue weighted by molar-refractivity contribution is 5.10. The summed E-state index contributed by atoms with van der Waals surface area (Å²) in [6.45, 7) is 7.02. The molecule has 0 saturated heterocycles. The van der Waals surface area contributed by atoms with Crippen LogP contribution in [0.5, 0.6) is 0 Å². The molecule has 0 saturated carbocycles. The van der Waals surface area contributed by atoms with Crippen LogP contribution < -0.4 is 5.73 Å². The van der Waals surface area contributed by atoms with Crippen LogP contribution in [0.2, 0.25) is 0 Å². The van der Waals surface area contributed by atoms with Crippen molar-refractivity contribution in [2.45, 2.75) is 40.0 Å². The Balaban J connectivity index is 2.78. The van der Waals surface area contributed by atoms with Gasteiger partial charge in [0.2, 0.25) is 0 Å². The first-order chi connectivity index (χ1) is 7.15. The van der Waals surface area contributed by atoms with Gasteiger partial charge in [-0.15, -0.1) is 0 Å². The summed E-state index contributed by atoms with van der Waals surface area (Å²) >= 11 is 0. The highest BCUT2D eigenvalue weighted by Gasteiger charge is 2.06. The first-order valence-electron chi connectivity index (χ1n) is 5.69. The van der Waals surface area contributed by atoms with E-state index >= 15 is 0 Å². The zero-order chi connectivity index (χ0) is 11.3. The minimum absolute atomic E-state index is 0.460. The van der Waals surface area contributed by atoms with Crippen LogP contribution in [-0.2, 0) is 12.8 Å². The third-order valence-corrected chi connectivity index (χ3v) is 2.39. The Labute approximate surface area is 92.1 Å². The molecule has 0 aromatic carbocycles. The Kier molecular flexibility index (Phi) is 4.69. The molecule has 0 aliphatic heterocycles. The summed E-state index contributed by atoms with van der Waals surface area (Å²) in [6.07, 6.45) is 3.05. The molecule has 0 fully saturated rings. The summed E-state index contributed by atoms with van der Waals surface area (Å²) in [4.78, 5) is 8.98. The second-order valence-electron chi connectivity index (χ2n) is 4.21. The Morgan fingerprint density at radius 1 is 1.40 bits per heavy atom. The smallest absolute Gasteiger partial charge is 0.129 e. The highest BCUT2D eigenvalue weighted by Crippen LogP contribution is 2.07. The number of nitrogens with zero attached hydrogens (tertiary/aromatic N) is 2. The van der Waals surface area contributed by atoms with E-state index < -0.39 is 0 Å². The van der Waals surface area contributed by atoms with E-state index in [9.17, 15) is 0 Å². The Morgan fingerprint density at radius 2 is 2.13 bits per heavy atom. The molecule has 1 heterocycles. The number of rotatable bonds is 5. The van der Waals surface area contributed by atoms with Crippen LogP contribution in [0, 0.1) is 12.8 Å². The molecule has 2 N–H and O–H groups in total. The molecule has 15 heavy (non-hydrogen) atoms. The van der Waals surface area contributed by atoms with Gasteiger partial charge in [0.05, 0.1) is 0 Å². The van der Waals surface area contributed by atoms with Crippen molar-refractivity contribution in [2.24, 2.45) is 11.7 Å². The number of hydrogen-bond acceptors (Lipinski definition) is 3. The standard InChI is InChI=1S/C12H21N3/c1-4-5-11-7-10(3)14-12(15-11)6-9(2)8-13/h7,9H,4-6,8,13H2,1-3H3. The van der Waals surface area contributed by atoms with Crippen LogP contribution in [0.25, 0.3) is 0 Å². The van der Waals surface area contributed by atoms with Gasteiger partial charge in [0.25, 0.3) is 0 Å². The molecule has 0 bridgehead atoms. The van der Waals surface area contributed by atoms with E-state index in [1.165, 1.54) is 0 Å². The highest BCUT2D eigenvalue weighted by atomic mass is 14.9. The molecule has 1 aromatic heterocycles. The third-order valence-electron chi connectivity index (χ3n) is 2.39. The van der Waals surface area contributed by atoms with E-state index in [0.717, 1.165) is 36.5 Å². The topological polar surface area (TPSA) is 51.8 Å². The first-order valence-corrected chi connectivity index (χ1v) is 5.69. The molecular weight excluding hydrogens is 186 g/mol. The number of hydrogen-bond donors (Lipinski definition) is 1. The van der Waals surface area contributed by atoms with Crippen molar-refractivity contribution in [3.63, 3.8) is 0 Å². The number of aryl methyl sites for hydroxylation is 2. The average molecular weight is 207 g/mol. The second-order valence-corrected chi connectivity index (χ2v) is 4.21. The Bertz CT molecular complexity index is 310. The molecule has 0 amide bonds. The quantitative estimate of drug-likeness (QED) is 0.802. The zero-order valence-corrected chi connectivity index (χ0v) is 9.95. The van der Waals surface area contributed by atoms with Crippen LogP contribution >= 0.6 is 0 Å². The van der Waals surface area contributed by atoms with Gasteiger partial charge in [-0.25, -0.2) is 9.97 Å². The Morgan fingerprint density at radius 3 is 2.73 bits per heavy atom. The second kappa shape index (κ2) is 5.81. The lowest BCUT2D eigenvalue weighted by molar-refractivity contribution is 0.569. The third kappa shape index (κ3) is 3.96. The van der Waals surface area contributed by atoms with Crippen molar-refractivity contribution in [3.8, 4) is 0 Å². The van der Waals surface area contributed by atoms with E-state index in [1.807, 2.05) is 6.92 Å². The summed E-state index contributed by atoms with van der Waals surface area (Å²) in [5.41, 5.74) is 7.82. The van der Waals surface area contributed by atoms with Crippen molar-refractivity contribution < 1.29 is 0 Å². The van der Waals surface area contributed by atoms with E-state index in [0.29, 0.717) is 12.5 Å². The molecule has 3 nitrogen and oxygen atoms in total. The van der Waals surface area contributed by atoms with E-state index in [4.69, 9.17) is 5.73 Å². The van der Waals surface area contributed by atoms with Gasteiger partial charge in [0, 0.05) is 17.8 Å². The summed E-state index contributed by atoms with van der Waals surface area (Å²) in [5.74, 6) is 1.40. The summed E-state index contributed by atoms with van der Waals surface area (Å²) in [7, 11) is 0. The van der Waals surface area contributed by atoms with Crippen molar-refractivity contribution >= 4 is 0 Å². The van der Waals surface area contributed by atoms with Gasteiger partial charge < -0.3 is 5.73 Å². The van der Waals surface area contributed by atoms with Crippen molar-refractivity contribution in [2.75, 3.05) is 6.54 Å². The minimum Gasteiger partial charge on any atom is -0.330 e. The summed E-state index contributed by atoms with van der Waals surface area (Å²) in [5, 5.41) is 0.